The lowest BCUT2D eigenvalue weighted by molar-refractivity contribution is -0.282. The van der Waals surface area contributed by atoms with Crippen LogP contribution in [0.2, 0.25) is 0 Å². The van der Waals surface area contributed by atoms with Crippen LogP contribution in [-0.2, 0) is 28.4 Å². The molecule has 0 aliphatic carbocycles. The summed E-state index contributed by atoms with van der Waals surface area (Å²) >= 11 is 0. The summed E-state index contributed by atoms with van der Waals surface area (Å²) < 4.78 is 103. The quantitative estimate of drug-likeness (QED) is 0.0793. The van der Waals surface area contributed by atoms with E-state index in [9.17, 15) is 45.9 Å². The second-order valence-electron chi connectivity index (χ2n) is 12.2. The maximum Gasteiger partial charge on any atom is 0.340 e. The van der Waals surface area contributed by atoms with E-state index in [-0.39, 0.29) is 27.8 Å². The van der Waals surface area contributed by atoms with Crippen molar-refractivity contribution in [2.45, 2.75) is 30.7 Å². The number of halogens is 5. The van der Waals surface area contributed by atoms with Crippen LogP contribution in [0.15, 0.2) is 121 Å². The van der Waals surface area contributed by atoms with Gasteiger partial charge in [-0.2, -0.15) is 0 Å². The Balaban J connectivity index is 1.43. The summed E-state index contributed by atoms with van der Waals surface area (Å²) in [6.07, 6.45) is -9.82. The maximum absolute atomic E-state index is 13.8. The fourth-order valence-corrected chi connectivity index (χ4v) is 5.43. The highest BCUT2D eigenvalue weighted by molar-refractivity contribution is 5.92. The summed E-state index contributed by atoms with van der Waals surface area (Å²) in [5.74, 6) is -9.31. The van der Waals surface area contributed by atoms with Gasteiger partial charge in [-0.25, -0.2) is 45.9 Å². The van der Waals surface area contributed by atoms with Gasteiger partial charge in [0.05, 0.1) is 27.8 Å². The lowest BCUT2D eigenvalue weighted by Crippen LogP contribution is -2.63. The molecule has 5 aromatic rings. The zero-order valence-electron chi connectivity index (χ0n) is 29.0. The van der Waals surface area contributed by atoms with Crippen LogP contribution >= 0.6 is 0 Å². The zero-order chi connectivity index (χ0) is 40.6. The van der Waals surface area contributed by atoms with Crippen molar-refractivity contribution in [2.24, 2.45) is 0 Å². The molecule has 5 aromatic carbocycles. The van der Waals surface area contributed by atoms with E-state index in [4.69, 9.17) is 28.4 Å². The van der Waals surface area contributed by atoms with Gasteiger partial charge >= 0.3 is 29.8 Å². The number of carbonyl (C=O) groups excluding carboxylic acids is 5. The maximum atomic E-state index is 13.8. The third-order valence-electron chi connectivity index (χ3n) is 8.32. The van der Waals surface area contributed by atoms with E-state index >= 15 is 0 Å². The second kappa shape index (κ2) is 17.7. The van der Waals surface area contributed by atoms with Crippen molar-refractivity contribution in [3.8, 4) is 0 Å². The van der Waals surface area contributed by atoms with Gasteiger partial charge in [0.2, 0.25) is 12.4 Å². The van der Waals surface area contributed by atoms with Gasteiger partial charge in [-0.05, 0) is 121 Å². The van der Waals surface area contributed by atoms with Crippen molar-refractivity contribution >= 4 is 29.8 Å². The largest absolute Gasteiger partial charge is 0.459 e. The van der Waals surface area contributed by atoms with Gasteiger partial charge in [0, 0.05) is 0 Å². The van der Waals surface area contributed by atoms with E-state index in [0.717, 1.165) is 121 Å². The Kier molecular flexibility index (Phi) is 12.3. The molecule has 16 heteroatoms. The van der Waals surface area contributed by atoms with Gasteiger partial charge in [0.15, 0.2) is 12.2 Å². The molecule has 1 aliphatic heterocycles. The minimum absolute atomic E-state index is 0.128. The Morgan fingerprint density at radius 3 is 1.02 bits per heavy atom. The normalized spacial score (nSPS) is 18.8. The van der Waals surface area contributed by atoms with Crippen LogP contribution in [0.5, 0.6) is 0 Å². The van der Waals surface area contributed by atoms with Crippen molar-refractivity contribution in [1.82, 2.24) is 0 Å². The first-order chi connectivity index (χ1) is 27.3. The summed E-state index contributed by atoms with van der Waals surface area (Å²) in [6, 6.07) is 20.1. The van der Waals surface area contributed by atoms with Gasteiger partial charge in [-0.1, -0.05) is 0 Å². The van der Waals surface area contributed by atoms with Crippen LogP contribution in [0.25, 0.3) is 0 Å². The Hall–Kier alpha value is -6.94. The molecule has 0 radical (unpaired) electrons. The van der Waals surface area contributed by atoms with Gasteiger partial charge in [0.1, 0.15) is 41.8 Å². The topological polar surface area (TPSA) is 141 Å². The van der Waals surface area contributed by atoms with Gasteiger partial charge in [-0.3, -0.25) is 0 Å². The number of esters is 5. The fraction of sp³-hybridized carbons (Fsp3) is 0.146. The summed E-state index contributed by atoms with van der Waals surface area (Å²) in [5.41, 5.74) is -1.09. The Labute approximate surface area is 319 Å². The number of rotatable bonds is 11. The highest BCUT2D eigenvalue weighted by atomic mass is 19.1. The average molecular weight is 791 g/mol. The molecule has 1 fully saturated rings. The molecule has 0 bridgehead atoms. The first-order valence-corrected chi connectivity index (χ1v) is 16.8. The Bertz CT molecular complexity index is 2230. The van der Waals surface area contributed by atoms with Crippen molar-refractivity contribution in [2.75, 3.05) is 6.61 Å². The van der Waals surface area contributed by atoms with Crippen LogP contribution in [0, 0.1) is 29.1 Å². The molecule has 11 nitrogen and oxygen atoms in total. The van der Waals surface area contributed by atoms with Crippen LogP contribution in [-0.4, -0.2) is 67.2 Å². The number of ether oxygens (including phenoxy) is 6. The number of hydrogen-bond acceptors (Lipinski definition) is 11. The van der Waals surface area contributed by atoms with E-state index in [1.54, 1.807) is 0 Å². The number of benzene rings is 5. The first kappa shape index (κ1) is 39.7. The van der Waals surface area contributed by atoms with Crippen LogP contribution in [0.1, 0.15) is 51.8 Å². The van der Waals surface area contributed by atoms with Crippen LogP contribution in [0.3, 0.4) is 0 Å². The van der Waals surface area contributed by atoms with Crippen molar-refractivity contribution in [3.05, 3.63) is 178 Å². The monoisotopic (exact) mass is 790 g/mol. The van der Waals surface area contributed by atoms with Crippen molar-refractivity contribution < 1.29 is 74.3 Å². The lowest BCUT2D eigenvalue weighted by Gasteiger charge is -2.43. The third-order valence-corrected chi connectivity index (χ3v) is 8.32. The zero-order valence-corrected chi connectivity index (χ0v) is 29.0. The van der Waals surface area contributed by atoms with E-state index in [2.05, 4.69) is 0 Å². The molecule has 1 saturated heterocycles. The van der Waals surface area contributed by atoms with E-state index in [1.165, 1.54) is 0 Å². The number of carbonyl (C=O) groups is 5. The summed E-state index contributed by atoms with van der Waals surface area (Å²) in [5, 5.41) is 0. The number of hydrogen-bond donors (Lipinski definition) is 0. The molecular weight excluding hydrogens is 763 g/mol. The van der Waals surface area contributed by atoms with E-state index < -0.39 is 96.2 Å². The lowest BCUT2D eigenvalue weighted by atomic mass is 9.97. The van der Waals surface area contributed by atoms with Crippen molar-refractivity contribution in [1.29, 1.82) is 0 Å². The summed E-state index contributed by atoms with van der Waals surface area (Å²) in [6.45, 7) is -0.856. The first-order valence-electron chi connectivity index (χ1n) is 16.8. The van der Waals surface area contributed by atoms with Gasteiger partial charge < -0.3 is 28.4 Å². The molecule has 0 N–H and O–H groups in total. The van der Waals surface area contributed by atoms with Gasteiger partial charge in [0.25, 0.3) is 0 Å². The molecule has 6 rings (SSSR count). The van der Waals surface area contributed by atoms with Gasteiger partial charge in [-0.15, -0.1) is 0 Å². The Morgan fingerprint density at radius 2 is 0.667 bits per heavy atom. The standard InChI is InChI=1S/C41H27F5O11/c42-27-11-1-22(2-12-27)36(47)52-21-32-33(54-37(48)23-3-13-28(43)14-4-23)34(55-38(49)24-5-15-29(44)16-6-24)35(56-39(50)25-7-17-30(45)18-8-25)41(53-32)57-40(51)26-9-19-31(46)20-10-26/h1-20,32-35,41H,21H2/t32-,33-,34+,35-,41?/m1/s1. The minimum Gasteiger partial charge on any atom is -0.459 e. The van der Waals surface area contributed by atoms with Crippen LogP contribution < -0.4 is 0 Å². The summed E-state index contributed by atoms with van der Waals surface area (Å²) in [7, 11) is 0. The molecule has 0 amide bonds. The van der Waals surface area contributed by atoms with E-state index in [0.29, 0.717) is 0 Å². The molecule has 0 aromatic heterocycles. The molecule has 0 saturated carbocycles. The minimum atomic E-state index is -2.09. The fourth-order valence-electron chi connectivity index (χ4n) is 5.43. The van der Waals surface area contributed by atoms with Crippen LogP contribution in [0.4, 0.5) is 22.0 Å². The highest BCUT2D eigenvalue weighted by Gasteiger charge is 2.54. The molecule has 1 unspecified atom stereocenters. The van der Waals surface area contributed by atoms with E-state index in [1.807, 2.05) is 0 Å². The molecule has 0 spiro atoms. The molecule has 5 atom stereocenters. The molecular formula is C41H27F5O11. The Morgan fingerprint density at radius 1 is 0.386 bits per heavy atom. The smallest absolute Gasteiger partial charge is 0.340 e. The predicted octanol–water partition coefficient (Wildman–Crippen LogP) is 6.80. The third kappa shape index (κ3) is 10.0. The highest BCUT2D eigenvalue weighted by Crippen LogP contribution is 2.32. The molecule has 1 aliphatic rings. The van der Waals surface area contributed by atoms with Crippen molar-refractivity contribution in [3.63, 3.8) is 0 Å². The molecule has 292 valence electrons. The second-order valence-corrected chi connectivity index (χ2v) is 12.2. The molecule has 57 heavy (non-hydrogen) atoms. The predicted molar refractivity (Wildman–Crippen MR) is 184 cm³/mol. The average Bonchev–Trinajstić information content (AvgIpc) is 3.20. The SMILES string of the molecule is O=C(OC[C@H]1OC(OC(=O)c2ccc(F)cc2)[C@H](OC(=O)c2ccc(F)cc2)[C@@H](OC(=O)c2ccc(F)cc2)[C@@H]1OC(=O)c1ccc(F)cc1)c1ccc(F)cc1. The molecule has 1 heterocycles. The summed E-state index contributed by atoms with van der Waals surface area (Å²) in [4.78, 5) is 67.3.